The zero-order valence-electron chi connectivity index (χ0n) is 23.8. The average molecular weight is 667 g/mol. The van der Waals surface area contributed by atoms with Gasteiger partial charge in [-0.2, -0.15) is 31.4 Å². The van der Waals surface area contributed by atoms with Crippen LogP contribution in [0, 0.1) is 6.92 Å². The smallest absolute Gasteiger partial charge is 0.485 e. The number of halogens is 6. The first-order valence-electron chi connectivity index (χ1n) is 12.6. The molecule has 1 atom stereocenters. The molecule has 1 aliphatic rings. The van der Waals surface area contributed by atoms with Gasteiger partial charge in [0, 0.05) is 28.5 Å². The highest BCUT2D eigenvalue weighted by Crippen LogP contribution is 2.34. The average Bonchev–Trinajstić information content (AvgIpc) is 3.38. The molecule has 4 N–H and O–H groups in total. The lowest BCUT2D eigenvalue weighted by Gasteiger charge is -2.26. The van der Waals surface area contributed by atoms with Crippen molar-refractivity contribution in [1.82, 2.24) is 15.1 Å². The van der Waals surface area contributed by atoms with Crippen molar-refractivity contribution in [2.75, 3.05) is 38.3 Å². The summed E-state index contributed by atoms with van der Waals surface area (Å²) in [7, 11) is 4.10. The number of carboxylic acid groups (broad SMARTS) is 2. The van der Waals surface area contributed by atoms with E-state index in [0.717, 1.165) is 39.7 Å². The first-order chi connectivity index (χ1) is 20.9. The van der Waals surface area contributed by atoms with Crippen LogP contribution < -0.4 is 14.8 Å². The zero-order chi connectivity index (χ0) is 33.9. The number of amides is 1. The van der Waals surface area contributed by atoms with Crippen molar-refractivity contribution in [2.45, 2.75) is 30.3 Å². The maximum Gasteiger partial charge on any atom is 0.490 e. The summed E-state index contributed by atoms with van der Waals surface area (Å²) in [5, 5.41) is 24.4. The summed E-state index contributed by atoms with van der Waals surface area (Å²) in [6, 6.07) is 13.4. The third kappa shape index (κ3) is 11.9. The summed E-state index contributed by atoms with van der Waals surface area (Å²) in [4.78, 5) is 33.9. The van der Waals surface area contributed by atoms with Gasteiger partial charge in [0.15, 0.2) is 11.5 Å². The Hall–Kier alpha value is -4.45. The van der Waals surface area contributed by atoms with E-state index in [2.05, 4.69) is 26.5 Å². The number of H-pyrrole nitrogens is 1. The number of thioether (sulfide) groups is 1. The SMILES string of the molecule is Cc1[nH]ncc1-c1ccc(NC(=O)C2COc3ccccc3O2)c(SCCN(C)C)c1.O=C(O)C(F)(F)F.O=C(O)C(F)(F)F. The summed E-state index contributed by atoms with van der Waals surface area (Å²) in [5.41, 5.74) is 3.88. The molecule has 1 unspecified atom stereocenters. The van der Waals surface area contributed by atoms with Crippen LogP contribution in [0.5, 0.6) is 11.5 Å². The summed E-state index contributed by atoms with van der Waals surface area (Å²) >= 11 is 1.71. The molecule has 246 valence electrons. The fourth-order valence-electron chi connectivity index (χ4n) is 3.25. The molecule has 0 saturated heterocycles. The topological polar surface area (TPSA) is 154 Å². The molecule has 18 heteroatoms. The predicted molar refractivity (Wildman–Crippen MR) is 150 cm³/mol. The van der Waals surface area contributed by atoms with Crippen LogP contribution in [0.4, 0.5) is 32.0 Å². The molecule has 0 spiro atoms. The molecule has 1 amide bonds. The van der Waals surface area contributed by atoms with Crippen molar-refractivity contribution in [3.05, 3.63) is 54.4 Å². The number of aryl methyl sites for hydroxylation is 1. The third-order valence-electron chi connectivity index (χ3n) is 5.46. The number of carbonyl (C=O) groups is 3. The molecule has 2 aromatic carbocycles. The van der Waals surface area contributed by atoms with Crippen LogP contribution in [-0.2, 0) is 14.4 Å². The fraction of sp³-hybridized carbons (Fsp3) is 0.333. The standard InChI is InChI=1S/C23H26N4O3S.2C2HF3O2/c1-15-17(13-24-26-15)16-8-9-18(22(12-16)31-11-10-27(2)3)25-23(28)21-14-29-19-6-4-5-7-20(19)30-21;2*3-2(4,5)1(6)7/h4-9,12-13,21H,10-11,14H2,1-3H3,(H,24,26)(H,25,28);2*(H,6,7). The number of carboxylic acids is 2. The molecule has 2 heterocycles. The van der Waals surface area contributed by atoms with Crippen LogP contribution in [0.25, 0.3) is 11.1 Å². The Morgan fingerprint density at radius 2 is 1.60 bits per heavy atom. The van der Waals surface area contributed by atoms with Gasteiger partial charge in [-0.25, -0.2) is 9.59 Å². The number of carbonyl (C=O) groups excluding carboxylic acids is 1. The second-order valence-electron chi connectivity index (χ2n) is 9.23. The van der Waals surface area contributed by atoms with Gasteiger partial charge in [0.05, 0.1) is 11.9 Å². The van der Waals surface area contributed by atoms with Crippen LogP contribution in [0.2, 0.25) is 0 Å². The number of aliphatic carboxylic acids is 2. The van der Waals surface area contributed by atoms with E-state index in [9.17, 15) is 31.1 Å². The van der Waals surface area contributed by atoms with Gasteiger partial charge in [-0.3, -0.25) is 9.89 Å². The van der Waals surface area contributed by atoms with Gasteiger partial charge in [-0.1, -0.05) is 18.2 Å². The number of hydrogen-bond donors (Lipinski definition) is 4. The van der Waals surface area contributed by atoms with Crippen LogP contribution in [-0.4, -0.2) is 94.6 Å². The Bertz CT molecular complexity index is 1440. The van der Waals surface area contributed by atoms with E-state index in [1.54, 1.807) is 17.8 Å². The Morgan fingerprint density at radius 3 is 2.11 bits per heavy atom. The molecule has 0 radical (unpaired) electrons. The molecule has 11 nitrogen and oxygen atoms in total. The number of aromatic amines is 1. The van der Waals surface area contributed by atoms with E-state index in [0.29, 0.717) is 11.5 Å². The van der Waals surface area contributed by atoms with Gasteiger partial charge < -0.3 is 29.9 Å². The van der Waals surface area contributed by atoms with Crippen LogP contribution in [0.1, 0.15) is 5.69 Å². The van der Waals surface area contributed by atoms with Gasteiger partial charge in [0.25, 0.3) is 5.91 Å². The fourth-order valence-corrected chi connectivity index (χ4v) is 4.42. The van der Waals surface area contributed by atoms with E-state index in [-0.39, 0.29) is 12.5 Å². The first kappa shape index (κ1) is 36.7. The lowest BCUT2D eigenvalue weighted by molar-refractivity contribution is -0.193. The predicted octanol–water partition coefficient (Wildman–Crippen LogP) is 5.08. The highest BCUT2D eigenvalue weighted by molar-refractivity contribution is 7.99. The molecule has 1 aromatic heterocycles. The second-order valence-corrected chi connectivity index (χ2v) is 10.4. The van der Waals surface area contributed by atoms with Crippen molar-refractivity contribution in [3.8, 4) is 22.6 Å². The lowest BCUT2D eigenvalue weighted by atomic mass is 10.1. The molecule has 4 rings (SSSR count). The zero-order valence-corrected chi connectivity index (χ0v) is 24.6. The van der Waals surface area contributed by atoms with Crippen molar-refractivity contribution in [1.29, 1.82) is 0 Å². The number of ether oxygens (including phenoxy) is 2. The van der Waals surface area contributed by atoms with E-state index >= 15 is 0 Å². The Labute approximate surface area is 256 Å². The van der Waals surface area contributed by atoms with E-state index in [4.69, 9.17) is 29.3 Å². The largest absolute Gasteiger partial charge is 0.490 e. The number of para-hydroxylation sites is 2. The Morgan fingerprint density at radius 1 is 1.02 bits per heavy atom. The summed E-state index contributed by atoms with van der Waals surface area (Å²) < 4.78 is 75.0. The van der Waals surface area contributed by atoms with Gasteiger partial charge in [0.2, 0.25) is 6.10 Å². The monoisotopic (exact) mass is 666 g/mol. The number of aromatic nitrogens is 2. The first-order valence-corrected chi connectivity index (χ1v) is 13.6. The summed E-state index contributed by atoms with van der Waals surface area (Å²) in [6.07, 6.45) is -9.05. The molecule has 45 heavy (non-hydrogen) atoms. The van der Waals surface area contributed by atoms with Crippen molar-refractivity contribution in [2.24, 2.45) is 0 Å². The quantitative estimate of drug-likeness (QED) is 0.198. The number of hydrogen-bond acceptors (Lipinski definition) is 8. The van der Waals surface area contributed by atoms with E-state index in [1.807, 2.05) is 57.5 Å². The molecular formula is C27H28F6N4O7S. The highest BCUT2D eigenvalue weighted by Gasteiger charge is 2.39. The number of rotatable bonds is 7. The molecule has 0 bridgehead atoms. The minimum Gasteiger partial charge on any atom is -0.485 e. The van der Waals surface area contributed by atoms with Gasteiger partial charge in [-0.05, 0) is 50.8 Å². The Kier molecular flexibility index (Phi) is 13.1. The highest BCUT2D eigenvalue weighted by atomic mass is 32.2. The molecule has 1 aliphatic heterocycles. The molecule has 0 fully saturated rings. The molecule has 0 aliphatic carbocycles. The van der Waals surface area contributed by atoms with Crippen LogP contribution >= 0.6 is 11.8 Å². The van der Waals surface area contributed by atoms with E-state index < -0.39 is 30.4 Å². The second kappa shape index (κ2) is 16.0. The summed E-state index contributed by atoms with van der Waals surface area (Å²) in [6.45, 7) is 3.11. The van der Waals surface area contributed by atoms with Crippen molar-refractivity contribution >= 4 is 35.3 Å². The minimum absolute atomic E-state index is 0.179. The van der Waals surface area contributed by atoms with Crippen molar-refractivity contribution < 1.29 is 60.4 Å². The molecule has 3 aromatic rings. The van der Waals surface area contributed by atoms with Gasteiger partial charge in [-0.15, -0.1) is 11.8 Å². The number of fused-ring (bicyclic) bond motifs is 1. The maximum absolute atomic E-state index is 12.9. The Balaban J connectivity index is 0.000000421. The van der Waals surface area contributed by atoms with Gasteiger partial charge in [0.1, 0.15) is 6.61 Å². The molecular weight excluding hydrogens is 638 g/mol. The maximum atomic E-state index is 12.9. The molecule has 0 saturated carbocycles. The van der Waals surface area contributed by atoms with E-state index in [1.165, 1.54) is 0 Å². The number of nitrogens with one attached hydrogen (secondary N) is 2. The number of nitrogens with zero attached hydrogens (tertiary/aromatic N) is 2. The minimum atomic E-state index is -5.08. The number of benzene rings is 2. The third-order valence-corrected chi connectivity index (χ3v) is 6.50. The van der Waals surface area contributed by atoms with Crippen LogP contribution in [0.15, 0.2) is 53.6 Å². The lowest BCUT2D eigenvalue weighted by Crippen LogP contribution is -2.40. The number of alkyl halides is 6. The normalized spacial score (nSPS) is 14.0. The van der Waals surface area contributed by atoms with Gasteiger partial charge >= 0.3 is 24.3 Å². The number of anilines is 1. The van der Waals surface area contributed by atoms with Crippen LogP contribution in [0.3, 0.4) is 0 Å². The van der Waals surface area contributed by atoms with Crippen molar-refractivity contribution in [3.63, 3.8) is 0 Å². The summed E-state index contributed by atoms with van der Waals surface area (Å²) in [5.74, 6) is -3.59.